The van der Waals surface area contributed by atoms with Crippen LogP contribution in [0.1, 0.15) is 5.56 Å². The van der Waals surface area contributed by atoms with Gasteiger partial charge in [0.2, 0.25) is 0 Å². The highest BCUT2D eigenvalue weighted by Gasteiger charge is 2.02. The van der Waals surface area contributed by atoms with Crippen molar-refractivity contribution in [2.75, 3.05) is 13.6 Å². The minimum Gasteiger partial charge on any atom is -0.313 e. The lowest BCUT2D eigenvalue weighted by molar-refractivity contribution is 0.478. The highest BCUT2D eigenvalue weighted by atomic mass is 35.5. The Morgan fingerprint density at radius 2 is 2.14 bits per heavy atom. The Morgan fingerprint density at radius 1 is 1.43 bits per heavy atom. The van der Waals surface area contributed by atoms with E-state index in [1.54, 1.807) is 24.1 Å². The van der Waals surface area contributed by atoms with Gasteiger partial charge in [0.05, 0.1) is 0 Å². The number of halogens is 2. The Balaban J connectivity index is 2.64. The Bertz CT molecular complexity index is 358. The lowest BCUT2D eigenvalue weighted by Gasteiger charge is -2.09. The Hall–Kier alpha value is -0.910. The number of nitriles is 1. The standard InChI is InChI=1S/C10H10Cl2N2/c1-14(7-13)5-4-8-2-3-9(11)6-10(8)12/h2-3,6H,4-5H2,1H3. The van der Waals surface area contributed by atoms with Crippen LogP contribution in [0, 0.1) is 11.5 Å². The van der Waals surface area contributed by atoms with E-state index in [2.05, 4.69) is 0 Å². The van der Waals surface area contributed by atoms with Crippen LogP contribution < -0.4 is 0 Å². The molecule has 0 saturated carbocycles. The number of hydrogen-bond acceptors (Lipinski definition) is 2. The molecular formula is C10H10Cl2N2. The summed E-state index contributed by atoms with van der Waals surface area (Å²) in [6, 6.07) is 5.40. The highest BCUT2D eigenvalue weighted by Crippen LogP contribution is 2.21. The molecule has 0 bridgehead atoms. The van der Waals surface area contributed by atoms with Crippen LogP contribution in [0.4, 0.5) is 0 Å². The molecule has 0 amide bonds. The smallest absolute Gasteiger partial charge is 0.179 e. The summed E-state index contributed by atoms with van der Waals surface area (Å²) in [7, 11) is 1.74. The van der Waals surface area contributed by atoms with Crippen LogP contribution in [0.25, 0.3) is 0 Å². The molecule has 0 spiro atoms. The zero-order valence-electron chi connectivity index (χ0n) is 7.80. The normalized spacial score (nSPS) is 9.57. The summed E-state index contributed by atoms with van der Waals surface area (Å²) in [6.07, 6.45) is 2.78. The first-order valence-corrected chi connectivity index (χ1v) is 4.94. The maximum absolute atomic E-state index is 8.55. The van der Waals surface area contributed by atoms with E-state index in [4.69, 9.17) is 28.5 Å². The van der Waals surface area contributed by atoms with Crippen LogP contribution in [-0.2, 0) is 6.42 Å². The summed E-state index contributed by atoms with van der Waals surface area (Å²) in [4.78, 5) is 1.56. The van der Waals surface area contributed by atoms with Gasteiger partial charge in [-0.2, -0.15) is 5.26 Å². The van der Waals surface area contributed by atoms with Crippen molar-refractivity contribution in [3.63, 3.8) is 0 Å². The highest BCUT2D eigenvalue weighted by molar-refractivity contribution is 6.35. The van der Waals surface area contributed by atoms with Gasteiger partial charge in [-0.05, 0) is 24.1 Å². The molecule has 0 saturated heterocycles. The minimum atomic E-state index is 0.632. The predicted octanol–water partition coefficient (Wildman–Crippen LogP) is 2.95. The van der Waals surface area contributed by atoms with Crippen molar-refractivity contribution < 1.29 is 0 Å². The molecular weight excluding hydrogens is 219 g/mol. The predicted molar refractivity (Wildman–Crippen MR) is 58.4 cm³/mol. The summed E-state index contributed by atoms with van der Waals surface area (Å²) in [5, 5.41) is 9.84. The van der Waals surface area contributed by atoms with E-state index in [1.807, 2.05) is 12.3 Å². The summed E-state index contributed by atoms with van der Waals surface area (Å²) < 4.78 is 0. The molecule has 0 atom stereocenters. The van der Waals surface area contributed by atoms with Crippen LogP contribution in [-0.4, -0.2) is 18.5 Å². The fourth-order valence-electron chi connectivity index (χ4n) is 1.06. The molecule has 74 valence electrons. The first-order chi connectivity index (χ1) is 6.63. The summed E-state index contributed by atoms with van der Waals surface area (Å²) in [6.45, 7) is 0.665. The van der Waals surface area contributed by atoms with Gasteiger partial charge in [-0.15, -0.1) is 0 Å². The van der Waals surface area contributed by atoms with Crippen molar-refractivity contribution in [3.8, 4) is 6.19 Å². The van der Waals surface area contributed by atoms with Gasteiger partial charge in [-0.25, -0.2) is 0 Å². The second kappa shape index (κ2) is 5.09. The van der Waals surface area contributed by atoms with Crippen molar-refractivity contribution >= 4 is 23.2 Å². The van der Waals surface area contributed by atoms with Crippen LogP contribution >= 0.6 is 23.2 Å². The van der Waals surface area contributed by atoms with Crippen molar-refractivity contribution in [3.05, 3.63) is 33.8 Å². The molecule has 0 aliphatic carbocycles. The number of hydrogen-bond donors (Lipinski definition) is 0. The molecule has 4 heteroatoms. The quantitative estimate of drug-likeness (QED) is 0.588. The van der Waals surface area contributed by atoms with E-state index in [0.29, 0.717) is 16.6 Å². The molecule has 2 nitrogen and oxygen atoms in total. The van der Waals surface area contributed by atoms with Crippen LogP contribution in [0.2, 0.25) is 10.0 Å². The second-order valence-electron chi connectivity index (χ2n) is 3.01. The second-order valence-corrected chi connectivity index (χ2v) is 3.85. The van der Waals surface area contributed by atoms with Crippen LogP contribution in [0.3, 0.4) is 0 Å². The summed E-state index contributed by atoms with van der Waals surface area (Å²) >= 11 is 11.7. The Labute approximate surface area is 93.7 Å². The third kappa shape index (κ3) is 3.10. The Kier molecular flexibility index (Phi) is 4.06. The molecule has 0 fully saturated rings. The fourth-order valence-corrected chi connectivity index (χ4v) is 1.57. The zero-order chi connectivity index (χ0) is 10.6. The largest absolute Gasteiger partial charge is 0.313 e. The van der Waals surface area contributed by atoms with Gasteiger partial charge in [-0.1, -0.05) is 29.3 Å². The van der Waals surface area contributed by atoms with E-state index in [9.17, 15) is 0 Å². The average molecular weight is 229 g/mol. The number of rotatable bonds is 3. The monoisotopic (exact) mass is 228 g/mol. The van der Waals surface area contributed by atoms with Crippen LogP contribution in [0.5, 0.6) is 0 Å². The van der Waals surface area contributed by atoms with Gasteiger partial charge in [0, 0.05) is 23.6 Å². The zero-order valence-corrected chi connectivity index (χ0v) is 9.31. The molecule has 0 N–H and O–H groups in total. The third-order valence-corrected chi connectivity index (χ3v) is 2.49. The first kappa shape index (κ1) is 11.2. The van der Waals surface area contributed by atoms with Gasteiger partial charge in [0.1, 0.15) is 0 Å². The lowest BCUT2D eigenvalue weighted by Crippen LogP contribution is -2.14. The SMILES string of the molecule is CN(C#N)CCc1ccc(Cl)cc1Cl. The van der Waals surface area contributed by atoms with Gasteiger partial charge >= 0.3 is 0 Å². The van der Waals surface area contributed by atoms with E-state index in [0.717, 1.165) is 12.0 Å². The maximum Gasteiger partial charge on any atom is 0.179 e. The van der Waals surface area contributed by atoms with Crippen molar-refractivity contribution in [1.82, 2.24) is 4.90 Å². The summed E-state index contributed by atoms with van der Waals surface area (Å²) in [5.41, 5.74) is 1.01. The number of benzene rings is 1. The van der Waals surface area contributed by atoms with Crippen molar-refractivity contribution in [2.24, 2.45) is 0 Å². The molecule has 0 aliphatic rings. The summed E-state index contributed by atoms with van der Waals surface area (Å²) in [5.74, 6) is 0. The molecule has 0 aliphatic heterocycles. The van der Waals surface area contributed by atoms with E-state index in [-0.39, 0.29) is 0 Å². The van der Waals surface area contributed by atoms with E-state index >= 15 is 0 Å². The van der Waals surface area contributed by atoms with Gasteiger partial charge in [-0.3, -0.25) is 0 Å². The Morgan fingerprint density at radius 3 is 2.71 bits per heavy atom. The van der Waals surface area contributed by atoms with Gasteiger partial charge < -0.3 is 4.90 Å². The third-order valence-electron chi connectivity index (χ3n) is 1.90. The lowest BCUT2D eigenvalue weighted by atomic mass is 10.1. The van der Waals surface area contributed by atoms with Gasteiger partial charge in [0.15, 0.2) is 6.19 Å². The first-order valence-electron chi connectivity index (χ1n) is 4.18. The maximum atomic E-state index is 8.55. The van der Waals surface area contributed by atoms with Crippen LogP contribution in [0.15, 0.2) is 18.2 Å². The van der Waals surface area contributed by atoms with Crippen molar-refractivity contribution in [2.45, 2.75) is 6.42 Å². The minimum absolute atomic E-state index is 0.632. The number of nitrogens with zero attached hydrogens (tertiary/aromatic N) is 2. The molecule has 1 aromatic carbocycles. The molecule has 0 unspecified atom stereocenters. The van der Waals surface area contributed by atoms with E-state index < -0.39 is 0 Å². The molecule has 0 heterocycles. The van der Waals surface area contributed by atoms with Crippen molar-refractivity contribution in [1.29, 1.82) is 5.26 Å². The molecule has 0 aromatic heterocycles. The molecule has 14 heavy (non-hydrogen) atoms. The molecule has 0 radical (unpaired) electrons. The molecule has 1 rings (SSSR count). The van der Waals surface area contributed by atoms with Gasteiger partial charge in [0.25, 0.3) is 0 Å². The topological polar surface area (TPSA) is 27.0 Å². The van der Waals surface area contributed by atoms with E-state index in [1.165, 1.54) is 0 Å². The number of likely N-dealkylation sites (N-methyl/N-ethyl adjacent to an activating group) is 1. The molecule has 1 aromatic rings. The fraction of sp³-hybridized carbons (Fsp3) is 0.300. The average Bonchev–Trinajstić information content (AvgIpc) is 2.16.